The quantitative estimate of drug-likeness (QED) is 0.876. The minimum absolute atomic E-state index is 0.115. The first-order valence-electron chi connectivity index (χ1n) is 7.78. The summed E-state index contributed by atoms with van der Waals surface area (Å²) < 4.78 is 0. The molecule has 0 bridgehead atoms. The molecule has 3 rings (SSSR count). The maximum Gasteiger partial charge on any atom is 0.251 e. The van der Waals surface area contributed by atoms with Crippen LogP contribution in [0, 0.1) is 11.3 Å². The summed E-state index contributed by atoms with van der Waals surface area (Å²) in [6.45, 7) is 0.115. The van der Waals surface area contributed by atoms with Crippen molar-refractivity contribution in [1.29, 1.82) is 5.26 Å². The van der Waals surface area contributed by atoms with Gasteiger partial charge in [-0.2, -0.15) is 5.26 Å². The maximum atomic E-state index is 12.2. The van der Waals surface area contributed by atoms with Gasteiger partial charge in [-0.25, -0.2) is 0 Å². The average molecular weight is 341 g/mol. The van der Waals surface area contributed by atoms with Crippen molar-refractivity contribution in [2.24, 2.45) is 0 Å². The second kappa shape index (κ2) is 6.64. The topological polar surface area (TPSA) is 73.1 Å². The smallest absolute Gasteiger partial charge is 0.251 e. The molecule has 1 aliphatic rings. The first-order chi connectivity index (χ1) is 11.5. The molecule has 2 aromatic rings. The number of halogens is 1. The third-order valence-corrected chi connectivity index (χ3v) is 4.63. The largest absolute Gasteiger partial charge is 0.387 e. The lowest BCUT2D eigenvalue weighted by molar-refractivity contribution is 0.0916. The van der Waals surface area contributed by atoms with Gasteiger partial charge < -0.3 is 10.4 Å². The molecule has 1 aliphatic carbocycles. The number of aliphatic hydroxyl groups is 1. The highest BCUT2D eigenvalue weighted by Gasteiger charge is 2.44. The maximum absolute atomic E-state index is 12.2. The van der Waals surface area contributed by atoms with E-state index in [2.05, 4.69) is 11.4 Å². The van der Waals surface area contributed by atoms with Crippen molar-refractivity contribution in [2.45, 2.75) is 24.4 Å². The van der Waals surface area contributed by atoms with E-state index >= 15 is 0 Å². The molecule has 5 heteroatoms. The number of benzene rings is 2. The highest BCUT2D eigenvalue weighted by molar-refractivity contribution is 6.30. The minimum Gasteiger partial charge on any atom is -0.387 e. The zero-order chi connectivity index (χ0) is 17.2. The summed E-state index contributed by atoms with van der Waals surface area (Å²) in [5.41, 5.74) is 1.82. The van der Waals surface area contributed by atoms with Crippen LogP contribution in [0.25, 0.3) is 0 Å². The van der Waals surface area contributed by atoms with E-state index in [0.717, 1.165) is 18.4 Å². The van der Waals surface area contributed by atoms with Gasteiger partial charge in [0.1, 0.15) is 0 Å². The van der Waals surface area contributed by atoms with Crippen molar-refractivity contribution in [3.8, 4) is 6.07 Å². The van der Waals surface area contributed by atoms with Crippen LogP contribution in [-0.2, 0) is 5.41 Å². The summed E-state index contributed by atoms with van der Waals surface area (Å²) in [6.07, 6.45) is 0.962. The van der Waals surface area contributed by atoms with Crippen LogP contribution in [0.1, 0.15) is 40.4 Å². The molecule has 1 atom stereocenters. The Kier molecular flexibility index (Phi) is 4.57. The molecule has 1 unspecified atom stereocenters. The van der Waals surface area contributed by atoms with Crippen LogP contribution in [0.2, 0.25) is 5.02 Å². The van der Waals surface area contributed by atoms with Crippen LogP contribution in [0.4, 0.5) is 0 Å². The standard InChI is InChI=1S/C19H17ClN2O2/c20-16-7-3-13(4-8-16)17(23)11-22-18(24)14-1-5-15(6-2-14)19(12-21)9-10-19/h1-8,17,23H,9-11H2,(H,22,24). The Hall–Kier alpha value is -2.35. The number of nitrogens with one attached hydrogen (secondary N) is 1. The second-order valence-electron chi connectivity index (χ2n) is 6.05. The van der Waals surface area contributed by atoms with Gasteiger partial charge in [-0.1, -0.05) is 35.9 Å². The van der Waals surface area contributed by atoms with Gasteiger partial charge in [0.2, 0.25) is 0 Å². The first kappa shape index (κ1) is 16.5. The number of hydrogen-bond donors (Lipinski definition) is 2. The number of nitriles is 1. The lowest BCUT2D eigenvalue weighted by Gasteiger charge is -2.13. The number of carbonyl (C=O) groups is 1. The minimum atomic E-state index is -0.793. The highest BCUT2D eigenvalue weighted by atomic mass is 35.5. The van der Waals surface area contributed by atoms with Crippen LogP contribution in [-0.4, -0.2) is 17.6 Å². The first-order valence-corrected chi connectivity index (χ1v) is 8.15. The van der Waals surface area contributed by atoms with Crippen molar-refractivity contribution >= 4 is 17.5 Å². The molecule has 0 spiro atoms. The van der Waals surface area contributed by atoms with Crippen LogP contribution in [0.5, 0.6) is 0 Å². The number of aliphatic hydroxyl groups excluding tert-OH is 1. The second-order valence-corrected chi connectivity index (χ2v) is 6.49. The van der Waals surface area contributed by atoms with E-state index in [1.807, 2.05) is 12.1 Å². The molecule has 4 nitrogen and oxygen atoms in total. The Labute approximate surface area is 145 Å². The van der Waals surface area contributed by atoms with E-state index < -0.39 is 6.10 Å². The van der Waals surface area contributed by atoms with Crippen LogP contribution >= 0.6 is 11.6 Å². The van der Waals surface area contributed by atoms with Crippen molar-refractivity contribution in [3.63, 3.8) is 0 Å². The van der Waals surface area contributed by atoms with Gasteiger partial charge in [0.25, 0.3) is 5.91 Å². The molecule has 122 valence electrons. The zero-order valence-electron chi connectivity index (χ0n) is 13.0. The van der Waals surface area contributed by atoms with E-state index in [1.165, 1.54) is 0 Å². The molecule has 1 amide bonds. The number of amides is 1. The van der Waals surface area contributed by atoms with Crippen molar-refractivity contribution in [3.05, 3.63) is 70.2 Å². The SMILES string of the molecule is N#CC1(c2ccc(C(=O)NCC(O)c3ccc(Cl)cc3)cc2)CC1. The number of carbonyl (C=O) groups excluding carboxylic acids is 1. The predicted octanol–water partition coefficient (Wildman–Crippen LogP) is 3.36. The van der Waals surface area contributed by atoms with Gasteiger partial charge in [-0.3, -0.25) is 4.79 Å². The summed E-state index contributed by atoms with van der Waals surface area (Å²) in [4.78, 5) is 12.2. The Bertz CT molecular complexity index is 775. The predicted molar refractivity (Wildman–Crippen MR) is 91.7 cm³/mol. The Morgan fingerprint density at radius 2 is 1.83 bits per heavy atom. The van der Waals surface area contributed by atoms with Gasteiger partial charge in [0.15, 0.2) is 0 Å². The Morgan fingerprint density at radius 1 is 1.21 bits per heavy atom. The summed E-state index contributed by atoms with van der Waals surface area (Å²) in [5.74, 6) is -0.253. The molecule has 0 aliphatic heterocycles. The number of hydrogen-bond acceptors (Lipinski definition) is 3. The number of nitrogens with zero attached hydrogens (tertiary/aromatic N) is 1. The molecular weight excluding hydrogens is 324 g/mol. The zero-order valence-corrected chi connectivity index (χ0v) is 13.8. The molecule has 0 aromatic heterocycles. The lowest BCUT2D eigenvalue weighted by atomic mass is 9.96. The summed E-state index contributed by atoms with van der Waals surface area (Å²) in [5, 5.41) is 22.6. The highest BCUT2D eigenvalue weighted by Crippen LogP contribution is 2.47. The van der Waals surface area contributed by atoms with Crippen LogP contribution < -0.4 is 5.32 Å². The van der Waals surface area contributed by atoms with Gasteiger partial charge in [-0.15, -0.1) is 0 Å². The molecule has 24 heavy (non-hydrogen) atoms. The summed E-state index contributed by atoms with van der Waals surface area (Å²) in [7, 11) is 0. The van der Waals surface area contributed by atoms with E-state index in [4.69, 9.17) is 11.6 Å². The van der Waals surface area contributed by atoms with E-state index in [1.54, 1.807) is 36.4 Å². The van der Waals surface area contributed by atoms with Crippen molar-refractivity contribution in [1.82, 2.24) is 5.32 Å². The molecule has 0 heterocycles. The van der Waals surface area contributed by atoms with Crippen molar-refractivity contribution < 1.29 is 9.90 Å². The number of rotatable bonds is 5. The lowest BCUT2D eigenvalue weighted by Crippen LogP contribution is -2.28. The van der Waals surface area contributed by atoms with E-state index in [0.29, 0.717) is 16.1 Å². The molecule has 2 aromatic carbocycles. The molecule has 2 N–H and O–H groups in total. The molecule has 1 saturated carbocycles. The fourth-order valence-corrected chi connectivity index (χ4v) is 2.75. The fourth-order valence-electron chi connectivity index (χ4n) is 2.62. The monoisotopic (exact) mass is 340 g/mol. The van der Waals surface area contributed by atoms with E-state index in [9.17, 15) is 15.2 Å². The van der Waals surface area contributed by atoms with Crippen molar-refractivity contribution in [2.75, 3.05) is 6.54 Å². The van der Waals surface area contributed by atoms with E-state index in [-0.39, 0.29) is 17.9 Å². The normalized spacial score (nSPS) is 16.0. The molecular formula is C19H17ClN2O2. The Morgan fingerprint density at radius 3 is 2.38 bits per heavy atom. The Balaban J connectivity index is 1.59. The van der Waals surface area contributed by atoms with Gasteiger partial charge in [0, 0.05) is 17.1 Å². The van der Waals surface area contributed by atoms with Gasteiger partial charge >= 0.3 is 0 Å². The summed E-state index contributed by atoms with van der Waals surface area (Å²) >= 11 is 5.81. The third kappa shape index (κ3) is 3.43. The van der Waals surface area contributed by atoms with Crippen LogP contribution in [0.3, 0.4) is 0 Å². The third-order valence-electron chi connectivity index (χ3n) is 4.37. The average Bonchev–Trinajstić information content (AvgIpc) is 3.41. The van der Waals surface area contributed by atoms with Gasteiger partial charge in [-0.05, 0) is 48.2 Å². The molecule has 0 radical (unpaired) electrons. The van der Waals surface area contributed by atoms with Crippen LogP contribution in [0.15, 0.2) is 48.5 Å². The molecule has 0 saturated heterocycles. The fraction of sp³-hybridized carbons (Fsp3) is 0.263. The summed E-state index contributed by atoms with van der Waals surface area (Å²) in [6, 6.07) is 16.3. The van der Waals surface area contributed by atoms with Gasteiger partial charge in [0.05, 0.1) is 17.6 Å². The molecule has 1 fully saturated rings.